The zero-order valence-corrected chi connectivity index (χ0v) is 23.7. The molecular weight excluding hydrogens is 440 g/mol. The van der Waals surface area contributed by atoms with E-state index in [-0.39, 0.29) is 11.8 Å². The van der Waals surface area contributed by atoms with Gasteiger partial charge in [-0.1, -0.05) is 77.4 Å². The van der Waals surface area contributed by atoms with Gasteiger partial charge in [-0.05, 0) is 25.7 Å². The molecule has 6 nitrogen and oxygen atoms in total. The van der Waals surface area contributed by atoms with E-state index in [4.69, 9.17) is 9.47 Å². The molecule has 0 atom stereocenters. The van der Waals surface area contributed by atoms with Crippen LogP contribution in [0, 0.1) is 5.41 Å². The van der Waals surface area contributed by atoms with Gasteiger partial charge in [0.2, 0.25) is 11.8 Å². The lowest BCUT2D eigenvalue weighted by molar-refractivity contribution is -0.124. The SMILES string of the molecule is CCCCCCCCOCC(/C=C/C(=O)N(C)C)(/C=C/C(=O)N(C)C)CCCCCOCCCC. The molecule has 0 bridgehead atoms. The fourth-order valence-electron chi connectivity index (χ4n) is 3.59. The third kappa shape index (κ3) is 18.3. The largest absolute Gasteiger partial charge is 0.381 e. The highest BCUT2D eigenvalue weighted by atomic mass is 16.5. The average molecular weight is 495 g/mol. The lowest BCUT2D eigenvalue weighted by Gasteiger charge is -2.28. The number of carbonyl (C=O) groups is 2. The highest BCUT2D eigenvalue weighted by molar-refractivity contribution is 5.88. The smallest absolute Gasteiger partial charge is 0.245 e. The van der Waals surface area contributed by atoms with Gasteiger partial charge >= 0.3 is 0 Å². The molecule has 35 heavy (non-hydrogen) atoms. The topological polar surface area (TPSA) is 59.1 Å². The van der Waals surface area contributed by atoms with E-state index in [0.29, 0.717) is 13.2 Å². The first-order valence-electron chi connectivity index (χ1n) is 13.7. The maximum atomic E-state index is 12.3. The van der Waals surface area contributed by atoms with E-state index in [1.165, 1.54) is 32.1 Å². The Bertz CT molecular complexity index is 547. The van der Waals surface area contributed by atoms with Crippen LogP contribution in [0.4, 0.5) is 0 Å². The van der Waals surface area contributed by atoms with Crippen molar-refractivity contribution in [1.82, 2.24) is 9.80 Å². The summed E-state index contributed by atoms with van der Waals surface area (Å²) in [5.41, 5.74) is -0.497. The van der Waals surface area contributed by atoms with Gasteiger partial charge in [0.25, 0.3) is 0 Å². The van der Waals surface area contributed by atoms with Crippen LogP contribution in [0.25, 0.3) is 0 Å². The summed E-state index contributed by atoms with van der Waals surface area (Å²) in [5, 5.41) is 0. The fraction of sp³-hybridized carbons (Fsp3) is 0.793. The van der Waals surface area contributed by atoms with Gasteiger partial charge in [-0.3, -0.25) is 9.59 Å². The van der Waals surface area contributed by atoms with Gasteiger partial charge in [0, 0.05) is 65.6 Å². The first-order valence-corrected chi connectivity index (χ1v) is 13.7. The lowest BCUT2D eigenvalue weighted by Crippen LogP contribution is -2.27. The predicted molar refractivity (Wildman–Crippen MR) is 146 cm³/mol. The standard InChI is InChI=1S/C29H54N2O4/c1-7-9-11-12-13-16-25-35-26-29(21-18-27(32)30(3)4,22-19-28(33)31(5)6)20-15-14-17-24-34-23-10-8-2/h18-19,21-22H,7-17,20,23-26H2,1-6H3/b21-18+,22-19+. The van der Waals surface area contributed by atoms with Crippen LogP contribution in [-0.4, -0.2) is 76.2 Å². The second-order valence-corrected chi connectivity index (χ2v) is 9.96. The molecular formula is C29H54N2O4. The van der Waals surface area contributed by atoms with Gasteiger partial charge in [0.05, 0.1) is 6.61 Å². The monoisotopic (exact) mass is 494 g/mol. The molecule has 204 valence electrons. The van der Waals surface area contributed by atoms with Crippen LogP contribution >= 0.6 is 0 Å². The van der Waals surface area contributed by atoms with E-state index in [1.54, 1.807) is 50.1 Å². The van der Waals surface area contributed by atoms with E-state index >= 15 is 0 Å². The summed E-state index contributed by atoms with van der Waals surface area (Å²) in [7, 11) is 6.97. The molecule has 0 aromatic carbocycles. The molecule has 0 N–H and O–H groups in total. The van der Waals surface area contributed by atoms with Crippen LogP contribution in [0.1, 0.15) is 90.9 Å². The number of carbonyl (C=O) groups excluding carboxylic acids is 2. The molecule has 2 amide bonds. The van der Waals surface area contributed by atoms with Gasteiger partial charge in [-0.25, -0.2) is 0 Å². The highest BCUT2D eigenvalue weighted by Crippen LogP contribution is 2.30. The second kappa shape index (κ2) is 21.6. The second-order valence-electron chi connectivity index (χ2n) is 9.96. The van der Waals surface area contributed by atoms with Crippen molar-refractivity contribution in [1.29, 1.82) is 0 Å². The molecule has 0 fully saturated rings. The summed E-state index contributed by atoms with van der Waals surface area (Å²) in [4.78, 5) is 27.8. The Morgan fingerprint density at radius 1 is 0.629 bits per heavy atom. The number of nitrogens with zero attached hydrogens (tertiary/aromatic N) is 2. The van der Waals surface area contributed by atoms with Crippen LogP contribution in [0.3, 0.4) is 0 Å². The molecule has 0 aliphatic heterocycles. The molecule has 0 saturated carbocycles. The molecule has 0 rings (SSSR count). The van der Waals surface area contributed by atoms with Crippen LogP contribution in [0.2, 0.25) is 0 Å². The molecule has 0 aromatic rings. The molecule has 0 spiro atoms. The number of hydrogen-bond donors (Lipinski definition) is 0. The maximum Gasteiger partial charge on any atom is 0.245 e. The molecule has 6 heteroatoms. The Hall–Kier alpha value is -1.66. The number of likely N-dealkylation sites (N-methyl/N-ethyl adjacent to an activating group) is 2. The first kappa shape index (κ1) is 33.3. The molecule has 0 radical (unpaired) electrons. The number of amides is 2. The Balaban J connectivity index is 5.19. The van der Waals surface area contributed by atoms with E-state index in [2.05, 4.69) is 13.8 Å². The zero-order chi connectivity index (χ0) is 26.4. The van der Waals surface area contributed by atoms with Crippen molar-refractivity contribution in [2.45, 2.75) is 90.9 Å². The van der Waals surface area contributed by atoms with Crippen molar-refractivity contribution >= 4 is 11.8 Å². The van der Waals surface area contributed by atoms with Crippen molar-refractivity contribution in [3.05, 3.63) is 24.3 Å². The minimum absolute atomic E-state index is 0.0676. The Labute approximate surface area is 216 Å². The molecule has 0 saturated heterocycles. The van der Waals surface area contributed by atoms with E-state index in [9.17, 15) is 9.59 Å². The first-order chi connectivity index (χ1) is 16.8. The van der Waals surface area contributed by atoms with Gasteiger partial charge in [-0.2, -0.15) is 0 Å². The predicted octanol–water partition coefficient (Wildman–Crippen LogP) is 6.02. The van der Waals surface area contributed by atoms with Gasteiger partial charge in [0.15, 0.2) is 0 Å². The Morgan fingerprint density at radius 2 is 1.09 bits per heavy atom. The molecule has 0 heterocycles. The molecule has 0 unspecified atom stereocenters. The van der Waals surface area contributed by atoms with Crippen molar-refractivity contribution in [2.24, 2.45) is 5.41 Å². The number of ether oxygens (including phenoxy) is 2. The summed E-state index contributed by atoms with van der Waals surface area (Å²) in [6.07, 6.45) is 20.5. The third-order valence-electron chi connectivity index (χ3n) is 6.08. The number of hydrogen-bond acceptors (Lipinski definition) is 4. The van der Waals surface area contributed by atoms with Crippen LogP contribution in [0.5, 0.6) is 0 Å². The Kier molecular flexibility index (Phi) is 20.6. The summed E-state index contributed by atoms with van der Waals surface area (Å²) < 4.78 is 11.8. The quantitative estimate of drug-likeness (QED) is 0.136. The molecule has 0 aromatic heterocycles. The van der Waals surface area contributed by atoms with E-state index in [0.717, 1.165) is 58.2 Å². The van der Waals surface area contributed by atoms with Crippen molar-refractivity contribution in [2.75, 3.05) is 54.6 Å². The Morgan fingerprint density at radius 3 is 1.63 bits per heavy atom. The minimum atomic E-state index is -0.497. The lowest BCUT2D eigenvalue weighted by atomic mass is 9.82. The van der Waals surface area contributed by atoms with E-state index in [1.807, 2.05) is 12.2 Å². The third-order valence-corrected chi connectivity index (χ3v) is 6.08. The summed E-state index contributed by atoms with van der Waals surface area (Å²) >= 11 is 0. The van der Waals surface area contributed by atoms with Gasteiger partial charge in [-0.15, -0.1) is 0 Å². The fourth-order valence-corrected chi connectivity index (χ4v) is 3.59. The van der Waals surface area contributed by atoms with Gasteiger partial charge < -0.3 is 19.3 Å². The van der Waals surface area contributed by atoms with Gasteiger partial charge in [0.1, 0.15) is 0 Å². The van der Waals surface area contributed by atoms with Crippen molar-refractivity contribution in [3.63, 3.8) is 0 Å². The van der Waals surface area contributed by atoms with Crippen LogP contribution < -0.4 is 0 Å². The zero-order valence-electron chi connectivity index (χ0n) is 23.7. The summed E-state index contributed by atoms with van der Waals surface area (Å²) in [6, 6.07) is 0. The average Bonchev–Trinajstić information content (AvgIpc) is 2.83. The van der Waals surface area contributed by atoms with Crippen LogP contribution in [-0.2, 0) is 19.1 Å². The minimum Gasteiger partial charge on any atom is -0.381 e. The summed E-state index contributed by atoms with van der Waals surface area (Å²) in [6.45, 7) is 7.17. The maximum absolute atomic E-state index is 12.3. The van der Waals surface area contributed by atoms with Crippen molar-refractivity contribution < 1.29 is 19.1 Å². The molecule has 0 aliphatic carbocycles. The van der Waals surface area contributed by atoms with Crippen LogP contribution in [0.15, 0.2) is 24.3 Å². The number of unbranched alkanes of at least 4 members (excludes halogenated alkanes) is 8. The molecule has 0 aliphatic rings. The summed E-state index contributed by atoms with van der Waals surface area (Å²) in [5.74, 6) is -0.135. The van der Waals surface area contributed by atoms with E-state index < -0.39 is 5.41 Å². The normalized spacial score (nSPS) is 12.1. The highest BCUT2D eigenvalue weighted by Gasteiger charge is 2.25. The number of rotatable bonds is 22. The van der Waals surface area contributed by atoms with Crippen molar-refractivity contribution in [3.8, 4) is 0 Å².